The van der Waals surface area contributed by atoms with Crippen molar-refractivity contribution in [2.24, 2.45) is 0 Å². The van der Waals surface area contributed by atoms with E-state index >= 15 is 0 Å². The first-order chi connectivity index (χ1) is 11.6. The number of amides is 1. The highest BCUT2D eigenvalue weighted by Crippen LogP contribution is 2.31. The van der Waals surface area contributed by atoms with E-state index in [1.807, 2.05) is 23.5 Å². The maximum Gasteiger partial charge on any atom is 0.224 e. The lowest BCUT2D eigenvalue weighted by atomic mass is 9.97. The number of imidazole rings is 1. The molecule has 0 unspecified atom stereocenters. The third-order valence-corrected chi connectivity index (χ3v) is 4.86. The zero-order valence-electron chi connectivity index (χ0n) is 14.8. The van der Waals surface area contributed by atoms with Crippen molar-refractivity contribution in [3.05, 3.63) is 35.7 Å². The van der Waals surface area contributed by atoms with Gasteiger partial charge in [-0.25, -0.2) is 4.98 Å². The number of piperidine rings is 1. The van der Waals surface area contributed by atoms with E-state index in [1.54, 1.807) is 0 Å². The number of carbonyl (C=O) groups excluding carboxylic acids is 1. The Balaban J connectivity index is 1.68. The first kappa shape index (κ1) is 16.7. The highest BCUT2D eigenvalue weighted by Gasteiger charge is 2.29. The summed E-state index contributed by atoms with van der Waals surface area (Å²) < 4.78 is 2.10. The lowest BCUT2D eigenvalue weighted by Gasteiger charge is -2.35. The van der Waals surface area contributed by atoms with Crippen LogP contribution in [0.3, 0.4) is 0 Å². The molecule has 1 saturated heterocycles. The van der Waals surface area contributed by atoms with Gasteiger partial charge in [-0.05, 0) is 31.7 Å². The van der Waals surface area contributed by atoms with Crippen molar-refractivity contribution in [2.75, 3.05) is 6.54 Å². The number of nitrogens with one attached hydrogen (secondary N) is 1. The Kier molecular flexibility index (Phi) is 5.02. The lowest BCUT2D eigenvalue weighted by Crippen LogP contribution is -2.39. The van der Waals surface area contributed by atoms with Gasteiger partial charge in [0.05, 0.1) is 17.9 Å². The first-order valence-electron chi connectivity index (χ1n) is 8.88. The molecule has 2 aromatic rings. The van der Waals surface area contributed by atoms with Crippen molar-refractivity contribution in [3.8, 4) is 0 Å². The number of hydrogen-bond acceptors (Lipinski definition) is 3. The van der Waals surface area contributed by atoms with Crippen LogP contribution in [0.4, 0.5) is 0 Å². The molecule has 0 saturated carbocycles. The fraction of sp³-hybridized carbons (Fsp3) is 0.611. The molecule has 0 spiro atoms. The fourth-order valence-electron chi connectivity index (χ4n) is 3.59. The topological polar surface area (TPSA) is 66.8 Å². The van der Waals surface area contributed by atoms with Crippen LogP contribution in [-0.4, -0.2) is 37.1 Å². The van der Waals surface area contributed by atoms with Crippen LogP contribution in [0, 0.1) is 6.92 Å². The second-order valence-electron chi connectivity index (χ2n) is 6.95. The number of carbonyl (C=O) groups is 1. The van der Waals surface area contributed by atoms with E-state index < -0.39 is 0 Å². The lowest BCUT2D eigenvalue weighted by molar-refractivity contribution is -0.135. The van der Waals surface area contributed by atoms with Gasteiger partial charge in [0.25, 0.3) is 0 Å². The summed E-state index contributed by atoms with van der Waals surface area (Å²) >= 11 is 0. The van der Waals surface area contributed by atoms with Gasteiger partial charge in [-0.15, -0.1) is 0 Å². The van der Waals surface area contributed by atoms with Gasteiger partial charge in [-0.3, -0.25) is 9.89 Å². The van der Waals surface area contributed by atoms with Crippen molar-refractivity contribution in [3.63, 3.8) is 0 Å². The van der Waals surface area contributed by atoms with E-state index in [9.17, 15) is 4.79 Å². The second kappa shape index (κ2) is 7.20. The molecule has 0 aliphatic carbocycles. The number of aromatic nitrogens is 4. The summed E-state index contributed by atoms with van der Waals surface area (Å²) in [6, 6.07) is 0.140. The summed E-state index contributed by atoms with van der Waals surface area (Å²) in [6.07, 6.45) is 9.39. The molecule has 0 radical (unpaired) electrons. The molecule has 1 amide bonds. The molecule has 6 heteroatoms. The highest BCUT2D eigenvalue weighted by atomic mass is 16.2. The Bertz CT molecular complexity index is 687. The third kappa shape index (κ3) is 3.37. The Labute approximate surface area is 143 Å². The summed E-state index contributed by atoms with van der Waals surface area (Å²) in [5.74, 6) is 1.63. The van der Waals surface area contributed by atoms with Gasteiger partial charge in [-0.1, -0.05) is 13.8 Å². The molecule has 24 heavy (non-hydrogen) atoms. The van der Waals surface area contributed by atoms with Crippen LogP contribution in [0.5, 0.6) is 0 Å². The van der Waals surface area contributed by atoms with Crippen molar-refractivity contribution in [1.29, 1.82) is 0 Å². The largest absolute Gasteiger partial charge is 0.334 e. The molecule has 0 aromatic carbocycles. The van der Waals surface area contributed by atoms with Crippen molar-refractivity contribution in [2.45, 2.75) is 65.0 Å². The van der Waals surface area contributed by atoms with E-state index in [2.05, 4.69) is 40.5 Å². The molecule has 0 bridgehead atoms. The summed E-state index contributed by atoms with van der Waals surface area (Å²) in [5, 5.41) is 7.23. The maximum atomic E-state index is 12.8. The summed E-state index contributed by atoms with van der Waals surface area (Å²) in [5.41, 5.74) is 2.23. The fourth-order valence-corrected chi connectivity index (χ4v) is 3.59. The van der Waals surface area contributed by atoms with Crippen LogP contribution in [-0.2, 0) is 11.3 Å². The second-order valence-corrected chi connectivity index (χ2v) is 6.95. The Morgan fingerprint density at radius 1 is 1.42 bits per heavy atom. The van der Waals surface area contributed by atoms with Crippen LogP contribution in [0.25, 0.3) is 0 Å². The van der Waals surface area contributed by atoms with E-state index in [1.165, 1.54) is 0 Å². The van der Waals surface area contributed by atoms with Gasteiger partial charge in [0.2, 0.25) is 5.91 Å². The van der Waals surface area contributed by atoms with Gasteiger partial charge in [0.15, 0.2) is 0 Å². The van der Waals surface area contributed by atoms with Gasteiger partial charge in [0, 0.05) is 37.8 Å². The highest BCUT2D eigenvalue weighted by molar-refractivity contribution is 5.76. The quantitative estimate of drug-likeness (QED) is 0.916. The molecular formula is C18H27N5O. The number of likely N-dealkylation sites (tertiary alicyclic amines) is 1. The van der Waals surface area contributed by atoms with Gasteiger partial charge in [-0.2, -0.15) is 5.10 Å². The number of aryl methyl sites for hydroxylation is 2. The normalized spacial score (nSPS) is 18.3. The van der Waals surface area contributed by atoms with E-state index in [0.29, 0.717) is 18.9 Å². The standard InChI is InChI=1S/C18H27N5O/c1-13(2)18-19-8-11-22(18)10-7-16(24)23-9-5-4-6-15(23)17-14(3)12-20-21-17/h8,11-13,15H,4-7,9-10H2,1-3H3,(H,20,21)/t15-/m0/s1. The number of aromatic amines is 1. The Morgan fingerprint density at radius 2 is 2.25 bits per heavy atom. The minimum atomic E-state index is 0.140. The van der Waals surface area contributed by atoms with Crippen LogP contribution >= 0.6 is 0 Å². The minimum absolute atomic E-state index is 0.140. The molecule has 6 nitrogen and oxygen atoms in total. The average Bonchev–Trinajstić information content (AvgIpc) is 3.21. The van der Waals surface area contributed by atoms with E-state index in [0.717, 1.165) is 42.9 Å². The van der Waals surface area contributed by atoms with Crippen molar-refractivity contribution < 1.29 is 4.79 Å². The molecular weight excluding hydrogens is 302 g/mol. The molecule has 1 N–H and O–H groups in total. The Hall–Kier alpha value is -2.11. The zero-order valence-corrected chi connectivity index (χ0v) is 14.8. The number of nitrogens with zero attached hydrogens (tertiary/aromatic N) is 4. The van der Waals surface area contributed by atoms with Crippen molar-refractivity contribution in [1.82, 2.24) is 24.6 Å². The molecule has 1 fully saturated rings. The van der Waals surface area contributed by atoms with Gasteiger partial charge < -0.3 is 9.47 Å². The predicted octanol–water partition coefficient (Wildman–Crippen LogP) is 3.18. The van der Waals surface area contributed by atoms with E-state index in [4.69, 9.17) is 0 Å². The Morgan fingerprint density at radius 3 is 2.96 bits per heavy atom. The summed E-state index contributed by atoms with van der Waals surface area (Å²) in [7, 11) is 0. The van der Waals surface area contributed by atoms with Crippen LogP contribution in [0.1, 0.15) is 68.6 Å². The maximum absolute atomic E-state index is 12.8. The third-order valence-electron chi connectivity index (χ3n) is 4.86. The average molecular weight is 329 g/mol. The summed E-state index contributed by atoms with van der Waals surface area (Å²) in [4.78, 5) is 19.3. The number of H-pyrrole nitrogens is 1. The number of rotatable bonds is 5. The van der Waals surface area contributed by atoms with Gasteiger partial charge in [0.1, 0.15) is 5.82 Å². The monoisotopic (exact) mass is 329 g/mol. The zero-order chi connectivity index (χ0) is 17.1. The molecule has 1 aliphatic heterocycles. The molecule has 1 aliphatic rings. The molecule has 3 rings (SSSR count). The van der Waals surface area contributed by atoms with Crippen molar-refractivity contribution >= 4 is 5.91 Å². The number of hydrogen-bond donors (Lipinski definition) is 1. The van der Waals surface area contributed by atoms with Crippen LogP contribution in [0.15, 0.2) is 18.6 Å². The first-order valence-corrected chi connectivity index (χ1v) is 8.88. The minimum Gasteiger partial charge on any atom is -0.334 e. The molecule has 1 atom stereocenters. The van der Waals surface area contributed by atoms with Gasteiger partial charge >= 0.3 is 0 Å². The molecule has 3 heterocycles. The van der Waals surface area contributed by atoms with Crippen LogP contribution < -0.4 is 0 Å². The van der Waals surface area contributed by atoms with E-state index in [-0.39, 0.29) is 11.9 Å². The van der Waals surface area contributed by atoms with Crippen LogP contribution in [0.2, 0.25) is 0 Å². The molecule has 2 aromatic heterocycles. The summed E-state index contributed by atoms with van der Waals surface area (Å²) in [6.45, 7) is 7.83. The predicted molar refractivity (Wildman–Crippen MR) is 92.6 cm³/mol. The SMILES string of the molecule is Cc1cn[nH]c1[C@@H]1CCCCN1C(=O)CCn1ccnc1C(C)C. The molecule has 130 valence electrons. The smallest absolute Gasteiger partial charge is 0.224 e.